The van der Waals surface area contributed by atoms with E-state index in [0.29, 0.717) is 12.8 Å². The molecule has 52 heavy (non-hydrogen) atoms. The highest BCUT2D eigenvalue weighted by Crippen LogP contribution is 2.47. The van der Waals surface area contributed by atoms with Crippen LogP contribution < -0.4 is 5.32 Å². The van der Waals surface area contributed by atoms with E-state index < -0.39 is 75.2 Å². The molecule has 0 spiro atoms. The van der Waals surface area contributed by atoms with Gasteiger partial charge in [-0.25, -0.2) is 4.57 Å². The van der Waals surface area contributed by atoms with Crippen molar-refractivity contribution in [2.75, 3.05) is 6.61 Å². The summed E-state index contributed by atoms with van der Waals surface area (Å²) in [4.78, 5) is 23.3. The van der Waals surface area contributed by atoms with E-state index in [2.05, 4.69) is 19.2 Å². The van der Waals surface area contributed by atoms with Crippen LogP contribution in [0.3, 0.4) is 0 Å². The molecule has 0 aromatic carbocycles. The number of phosphoric ester groups is 1. The van der Waals surface area contributed by atoms with Crippen LogP contribution in [0.15, 0.2) is 0 Å². The number of nitrogens with one attached hydrogen (secondary N) is 1. The summed E-state index contributed by atoms with van der Waals surface area (Å²) in [5.41, 5.74) is 0. The van der Waals surface area contributed by atoms with Crippen molar-refractivity contribution in [1.82, 2.24) is 5.32 Å². The first-order chi connectivity index (χ1) is 24.8. The highest BCUT2D eigenvalue weighted by molar-refractivity contribution is 7.47. The van der Waals surface area contributed by atoms with Crippen LogP contribution >= 0.6 is 7.82 Å². The van der Waals surface area contributed by atoms with Gasteiger partial charge in [0.25, 0.3) is 0 Å². The summed E-state index contributed by atoms with van der Waals surface area (Å²) in [6, 6.07) is -1.15. The van der Waals surface area contributed by atoms with E-state index in [4.69, 9.17) is 9.05 Å². The van der Waals surface area contributed by atoms with Crippen LogP contribution in [-0.4, -0.2) is 108 Å². The zero-order chi connectivity index (χ0) is 38.8. The van der Waals surface area contributed by atoms with Gasteiger partial charge in [0, 0.05) is 0 Å². The summed E-state index contributed by atoms with van der Waals surface area (Å²) in [5, 5.41) is 74.2. The van der Waals surface area contributed by atoms with E-state index in [1.165, 1.54) is 83.5 Å². The van der Waals surface area contributed by atoms with Crippen molar-refractivity contribution < 1.29 is 59.0 Å². The Bertz CT molecular complexity index is 916. The van der Waals surface area contributed by atoms with Gasteiger partial charge in [0.2, 0.25) is 5.91 Å². The average molecular weight is 770 g/mol. The Hall–Kier alpha value is -0.700. The number of hydrogen-bond donors (Lipinski definition) is 9. The second-order valence-electron chi connectivity index (χ2n) is 15.0. The van der Waals surface area contributed by atoms with Crippen molar-refractivity contribution in [3.63, 3.8) is 0 Å². The monoisotopic (exact) mass is 770 g/mol. The predicted molar refractivity (Wildman–Crippen MR) is 201 cm³/mol. The van der Waals surface area contributed by atoms with Gasteiger partial charge in [0.1, 0.15) is 36.6 Å². The molecule has 0 bridgehead atoms. The minimum absolute atomic E-state index is 0.217. The molecular weight excluding hydrogens is 693 g/mol. The minimum Gasteiger partial charge on any atom is -0.393 e. The fourth-order valence-electron chi connectivity index (χ4n) is 6.77. The number of unbranched alkanes of at least 4 members (excludes halogenated alkanes) is 20. The molecule has 14 heteroatoms. The summed E-state index contributed by atoms with van der Waals surface area (Å²) >= 11 is 0. The molecule has 9 N–H and O–H groups in total. The minimum atomic E-state index is -5.10. The Balaban J connectivity index is 2.60. The van der Waals surface area contributed by atoms with Crippen molar-refractivity contribution in [2.45, 2.75) is 229 Å². The quantitative estimate of drug-likeness (QED) is 0.0306. The number of amides is 1. The maximum absolute atomic E-state index is 12.9. The average Bonchev–Trinajstić information content (AvgIpc) is 3.11. The zero-order valence-electron chi connectivity index (χ0n) is 32.2. The van der Waals surface area contributed by atoms with Gasteiger partial charge in [-0.2, -0.15) is 0 Å². The number of aliphatic hydroxyl groups excluding tert-OH is 7. The number of carbonyl (C=O) groups excluding carboxylic acids is 1. The van der Waals surface area contributed by atoms with E-state index in [1.807, 2.05) is 0 Å². The first-order valence-electron chi connectivity index (χ1n) is 20.6. The molecule has 1 saturated carbocycles. The molecule has 1 amide bonds. The normalized spacial score (nSPS) is 25.0. The van der Waals surface area contributed by atoms with Gasteiger partial charge in [-0.3, -0.25) is 13.8 Å². The summed E-state index contributed by atoms with van der Waals surface area (Å²) in [7, 11) is -5.10. The second kappa shape index (κ2) is 29.6. The lowest BCUT2D eigenvalue weighted by Crippen LogP contribution is -2.64. The summed E-state index contributed by atoms with van der Waals surface area (Å²) in [6.07, 6.45) is 11.7. The van der Waals surface area contributed by atoms with E-state index in [-0.39, 0.29) is 12.8 Å². The molecule has 1 aliphatic carbocycles. The summed E-state index contributed by atoms with van der Waals surface area (Å²) < 4.78 is 22.8. The third kappa shape index (κ3) is 22.0. The fourth-order valence-corrected chi connectivity index (χ4v) is 7.74. The van der Waals surface area contributed by atoms with Gasteiger partial charge in [-0.15, -0.1) is 0 Å². The number of aliphatic hydroxyl groups is 7. The van der Waals surface area contributed by atoms with Crippen LogP contribution in [0.2, 0.25) is 0 Å². The first-order valence-corrected chi connectivity index (χ1v) is 22.1. The molecule has 8 atom stereocenters. The molecule has 1 rings (SSSR count). The van der Waals surface area contributed by atoms with Gasteiger partial charge in [0.15, 0.2) is 0 Å². The molecule has 0 aromatic rings. The van der Waals surface area contributed by atoms with E-state index >= 15 is 0 Å². The zero-order valence-corrected chi connectivity index (χ0v) is 33.1. The molecule has 310 valence electrons. The smallest absolute Gasteiger partial charge is 0.393 e. The van der Waals surface area contributed by atoms with E-state index in [9.17, 15) is 50.0 Å². The Morgan fingerprint density at radius 3 is 1.38 bits per heavy atom. The second-order valence-corrected chi connectivity index (χ2v) is 16.4. The standard InChI is InChI=1S/C38H76NO12P/c1-3-5-7-9-11-13-15-17-19-21-23-25-29(40)27-32(42)39-30(31(41)26-24-22-20-18-16-14-12-10-8-6-4-2)28-50-52(48,49)51-38-36(46)34(44)33(43)35(45)37(38)47/h29-31,33-38,40-41,43-47H,3-28H2,1-2H3,(H,39,42)(H,48,49). The van der Waals surface area contributed by atoms with Crippen molar-refractivity contribution in [2.24, 2.45) is 0 Å². The van der Waals surface area contributed by atoms with Crippen molar-refractivity contribution in [1.29, 1.82) is 0 Å². The third-order valence-electron chi connectivity index (χ3n) is 10.2. The Morgan fingerprint density at radius 2 is 0.962 bits per heavy atom. The van der Waals surface area contributed by atoms with Crippen LogP contribution in [0.25, 0.3) is 0 Å². The molecule has 0 heterocycles. The molecular formula is C38H76NO12P. The maximum Gasteiger partial charge on any atom is 0.472 e. The van der Waals surface area contributed by atoms with Gasteiger partial charge in [-0.1, -0.05) is 155 Å². The van der Waals surface area contributed by atoms with Crippen LogP contribution in [-0.2, 0) is 18.4 Å². The van der Waals surface area contributed by atoms with Crippen LogP contribution in [0.1, 0.15) is 174 Å². The first kappa shape index (κ1) is 49.3. The molecule has 0 aliphatic heterocycles. The fraction of sp³-hybridized carbons (Fsp3) is 0.974. The Kier molecular flexibility index (Phi) is 28.0. The SMILES string of the molecule is CCCCCCCCCCCCCC(O)CC(=O)NC(COP(=O)(O)OC1C(O)C(O)C(O)C(O)C1O)C(O)CCCCCCCCCCCCC. The lowest BCUT2D eigenvalue weighted by atomic mass is 9.85. The molecule has 0 saturated heterocycles. The highest BCUT2D eigenvalue weighted by Gasteiger charge is 2.51. The molecule has 8 unspecified atom stereocenters. The van der Waals surface area contributed by atoms with E-state index in [0.717, 1.165) is 51.4 Å². The van der Waals surface area contributed by atoms with Crippen LogP contribution in [0.5, 0.6) is 0 Å². The predicted octanol–water partition coefficient (Wildman–Crippen LogP) is 5.31. The number of hydrogen-bond acceptors (Lipinski definition) is 11. The van der Waals surface area contributed by atoms with E-state index in [1.54, 1.807) is 0 Å². The highest BCUT2D eigenvalue weighted by atomic mass is 31.2. The molecule has 1 aliphatic rings. The summed E-state index contributed by atoms with van der Waals surface area (Å²) in [6.45, 7) is 3.74. The lowest BCUT2D eigenvalue weighted by molar-refractivity contribution is -0.220. The summed E-state index contributed by atoms with van der Waals surface area (Å²) in [5.74, 6) is -0.561. The topological polar surface area (TPSA) is 226 Å². The molecule has 0 radical (unpaired) electrons. The number of rotatable bonds is 33. The Labute approximate surface area is 313 Å². The third-order valence-corrected chi connectivity index (χ3v) is 11.2. The van der Waals surface area contributed by atoms with Gasteiger partial charge in [-0.05, 0) is 12.8 Å². The van der Waals surface area contributed by atoms with Crippen LogP contribution in [0.4, 0.5) is 0 Å². The maximum atomic E-state index is 12.9. The lowest BCUT2D eigenvalue weighted by Gasteiger charge is -2.41. The van der Waals surface area contributed by atoms with Gasteiger partial charge < -0.3 is 46.0 Å². The van der Waals surface area contributed by atoms with Gasteiger partial charge in [0.05, 0.1) is 31.3 Å². The largest absolute Gasteiger partial charge is 0.472 e. The van der Waals surface area contributed by atoms with Gasteiger partial charge >= 0.3 is 7.82 Å². The number of carbonyl (C=O) groups is 1. The van der Waals surface area contributed by atoms with Crippen molar-refractivity contribution in [3.05, 3.63) is 0 Å². The van der Waals surface area contributed by atoms with Crippen LogP contribution in [0, 0.1) is 0 Å². The molecule has 0 aromatic heterocycles. The van der Waals surface area contributed by atoms with Crippen molar-refractivity contribution in [3.8, 4) is 0 Å². The molecule has 1 fully saturated rings. The number of phosphoric acid groups is 1. The Morgan fingerprint density at radius 1 is 0.596 bits per heavy atom. The molecule has 13 nitrogen and oxygen atoms in total. The van der Waals surface area contributed by atoms with Crippen molar-refractivity contribution >= 4 is 13.7 Å².